The van der Waals surface area contributed by atoms with E-state index in [1.54, 1.807) is 21.9 Å². The quantitative estimate of drug-likeness (QED) is 0.486. The summed E-state index contributed by atoms with van der Waals surface area (Å²) in [5.74, 6) is -0.531. The number of hydrogen-bond donors (Lipinski definition) is 1. The predicted molar refractivity (Wildman–Crippen MR) is 132 cm³/mol. The minimum absolute atomic E-state index is 0.0671. The number of amides is 3. The van der Waals surface area contributed by atoms with Crippen LogP contribution in [0.5, 0.6) is 0 Å². The average Bonchev–Trinajstić information content (AvgIpc) is 3.32. The standard InChI is InChI=1S/C27H31FN4O2/c1-4-5-16-29-27(34)31(19(2)3)18-25(33)32-23-10-7-6-9-22(23)30-17-8-11-24(30)26(32)20-12-14-21(28)15-13-20/h6-15,17,19,26H,4-5,16,18H2,1-3H3,(H,29,34). The van der Waals surface area contributed by atoms with E-state index in [1.165, 1.54) is 12.1 Å². The number of para-hydroxylation sites is 2. The van der Waals surface area contributed by atoms with Gasteiger partial charge in [0.2, 0.25) is 5.91 Å². The summed E-state index contributed by atoms with van der Waals surface area (Å²) in [7, 11) is 0. The lowest BCUT2D eigenvalue weighted by Crippen LogP contribution is -2.51. The molecule has 2 heterocycles. The molecule has 3 amide bonds. The summed E-state index contributed by atoms with van der Waals surface area (Å²) in [6, 6.07) is 17.0. The highest BCUT2D eigenvalue weighted by Gasteiger charge is 2.37. The van der Waals surface area contributed by atoms with Crippen LogP contribution < -0.4 is 10.2 Å². The maximum absolute atomic E-state index is 13.9. The molecule has 0 saturated heterocycles. The Labute approximate surface area is 200 Å². The van der Waals surface area contributed by atoms with Crippen LogP contribution in [-0.2, 0) is 4.79 Å². The molecule has 2 aromatic carbocycles. The van der Waals surface area contributed by atoms with Crippen molar-refractivity contribution >= 4 is 17.6 Å². The number of unbranched alkanes of at least 4 members (excludes halogenated alkanes) is 1. The monoisotopic (exact) mass is 462 g/mol. The molecule has 3 aromatic rings. The molecular formula is C27H31FN4O2. The number of nitrogens with one attached hydrogen (secondary N) is 1. The van der Waals surface area contributed by atoms with E-state index in [0.717, 1.165) is 35.5 Å². The fraction of sp³-hybridized carbons (Fsp3) is 0.333. The van der Waals surface area contributed by atoms with Gasteiger partial charge >= 0.3 is 6.03 Å². The van der Waals surface area contributed by atoms with Gasteiger partial charge < -0.3 is 14.8 Å². The summed E-state index contributed by atoms with van der Waals surface area (Å²) in [6.45, 7) is 6.38. The lowest BCUT2D eigenvalue weighted by Gasteiger charge is -2.40. The maximum Gasteiger partial charge on any atom is 0.318 e. The molecule has 0 fully saturated rings. The molecule has 1 atom stereocenters. The van der Waals surface area contributed by atoms with Crippen molar-refractivity contribution in [2.75, 3.05) is 18.0 Å². The third-order valence-electron chi connectivity index (χ3n) is 6.17. The number of carbonyl (C=O) groups is 2. The van der Waals surface area contributed by atoms with Gasteiger partial charge in [-0.3, -0.25) is 9.69 Å². The van der Waals surface area contributed by atoms with Crippen molar-refractivity contribution in [3.8, 4) is 5.69 Å². The molecule has 0 spiro atoms. The Kier molecular flexibility index (Phi) is 7.01. The van der Waals surface area contributed by atoms with E-state index in [9.17, 15) is 14.0 Å². The minimum atomic E-state index is -0.449. The Morgan fingerprint density at radius 1 is 1.03 bits per heavy atom. The van der Waals surface area contributed by atoms with E-state index in [2.05, 4.69) is 16.8 Å². The van der Waals surface area contributed by atoms with E-state index in [4.69, 9.17) is 0 Å². The van der Waals surface area contributed by atoms with E-state index in [-0.39, 0.29) is 30.3 Å². The molecule has 0 saturated carbocycles. The fourth-order valence-corrected chi connectivity index (χ4v) is 4.41. The Hall–Kier alpha value is -3.61. The third-order valence-corrected chi connectivity index (χ3v) is 6.17. The van der Waals surface area contributed by atoms with Gasteiger partial charge in [0.15, 0.2) is 0 Å². The van der Waals surface area contributed by atoms with Crippen LogP contribution in [-0.4, -0.2) is 40.5 Å². The number of rotatable bonds is 7. The molecule has 1 N–H and O–H groups in total. The van der Waals surface area contributed by atoms with Gasteiger partial charge in [0.05, 0.1) is 17.1 Å². The SMILES string of the molecule is CCCCNC(=O)N(CC(=O)N1c2ccccc2-n2cccc2C1c1ccc(F)cc1)C(C)C. The van der Waals surface area contributed by atoms with E-state index >= 15 is 0 Å². The fourth-order valence-electron chi connectivity index (χ4n) is 4.41. The normalized spacial score (nSPS) is 14.5. The molecule has 0 bridgehead atoms. The maximum atomic E-state index is 13.9. The number of carbonyl (C=O) groups excluding carboxylic acids is 2. The highest BCUT2D eigenvalue weighted by molar-refractivity contribution is 6.00. The first-order valence-corrected chi connectivity index (χ1v) is 11.8. The molecule has 7 heteroatoms. The molecule has 178 valence electrons. The highest BCUT2D eigenvalue weighted by atomic mass is 19.1. The second-order valence-electron chi connectivity index (χ2n) is 8.82. The van der Waals surface area contributed by atoms with Crippen LogP contribution >= 0.6 is 0 Å². The van der Waals surface area contributed by atoms with Gasteiger partial charge in [-0.15, -0.1) is 0 Å². The van der Waals surface area contributed by atoms with Gasteiger partial charge in [-0.1, -0.05) is 37.6 Å². The number of anilines is 1. The van der Waals surface area contributed by atoms with Crippen LogP contribution in [0.15, 0.2) is 66.9 Å². The molecular weight excluding hydrogens is 431 g/mol. The molecule has 1 unspecified atom stereocenters. The minimum Gasteiger partial charge on any atom is -0.338 e. The highest BCUT2D eigenvalue weighted by Crippen LogP contribution is 2.42. The number of nitrogens with zero attached hydrogens (tertiary/aromatic N) is 3. The second kappa shape index (κ2) is 10.1. The first-order valence-electron chi connectivity index (χ1n) is 11.8. The molecule has 1 aliphatic heterocycles. The molecule has 34 heavy (non-hydrogen) atoms. The number of fused-ring (bicyclic) bond motifs is 3. The topological polar surface area (TPSA) is 57.6 Å². The zero-order valence-electron chi connectivity index (χ0n) is 19.9. The number of halogens is 1. The summed E-state index contributed by atoms with van der Waals surface area (Å²) >= 11 is 0. The van der Waals surface area contributed by atoms with Gasteiger partial charge in [0.25, 0.3) is 0 Å². The first-order chi connectivity index (χ1) is 16.4. The van der Waals surface area contributed by atoms with Crippen LogP contribution in [0, 0.1) is 5.82 Å². The van der Waals surface area contributed by atoms with Crippen molar-refractivity contribution in [2.24, 2.45) is 0 Å². The van der Waals surface area contributed by atoms with E-state index < -0.39 is 6.04 Å². The summed E-state index contributed by atoms with van der Waals surface area (Å²) in [5, 5.41) is 2.92. The molecule has 1 aromatic heterocycles. The van der Waals surface area contributed by atoms with Crippen molar-refractivity contribution in [1.82, 2.24) is 14.8 Å². The Balaban J connectivity index is 1.73. The van der Waals surface area contributed by atoms with Gasteiger partial charge in [-0.2, -0.15) is 0 Å². The zero-order chi connectivity index (χ0) is 24.2. The first kappa shape index (κ1) is 23.5. The Bertz CT molecular complexity index is 1160. The van der Waals surface area contributed by atoms with E-state index in [0.29, 0.717) is 6.54 Å². The summed E-state index contributed by atoms with van der Waals surface area (Å²) in [5.41, 5.74) is 3.34. The molecule has 4 rings (SSSR count). The molecule has 0 radical (unpaired) electrons. The average molecular weight is 463 g/mol. The van der Waals surface area contributed by atoms with Crippen LogP contribution in [0.2, 0.25) is 0 Å². The second-order valence-corrected chi connectivity index (χ2v) is 8.82. The number of hydrogen-bond acceptors (Lipinski definition) is 2. The summed E-state index contributed by atoms with van der Waals surface area (Å²) < 4.78 is 15.8. The van der Waals surface area contributed by atoms with Crippen molar-refractivity contribution < 1.29 is 14.0 Å². The van der Waals surface area contributed by atoms with Gasteiger partial charge in [-0.25, -0.2) is 9.18 Å². The number of aromatic nitrogens is 1. The smallest absolute Gasteiger partial charge is 0.318 e. The van der Waals surface area contributed by atoms with Gasteiger partial charge in [-0.05, 0) is 62.2 Å². The largest absolute Gasteiger partial charge is 0.338 e. The van der Waals surface area contributed by atoms with Crippen LogP contribution in [0.25, 0.3) is 5.69 Å². The zero-order valence-corrected chi connectivity index (χ0v) is 19.9. The van der Waals surface area contributed by atoms with Crippen molar-refractivity contribution in [3.05, 3.63) is 83.9 Å². The Morgan fingerprint density at radius 2 is 1.74 bits per heavy atom. The number of benzene rings is 2. The lowest BCUT2D eigenvalue weighted by atomic mass is 9.97. The van der Waals surface area contributed by atoms with Crippen molar-refractivity contribution in [3.63, 3.8) is 0 Å². The van der Waals surface area contributed by atoms with E-state index in [1.807, 2.05) is 56.4 Å². The van der Waals surface area contributed by atoms with Gasteiger partial charge in [0, 0.05) is 18.8 Å². The molecule has 1 aliphatic rings. The van der Waals surface area contributed by atoms with Crippen molar-refractivity contribution in [2.45, 2.75) is 45.7 Å². The van der Waals surface area contributed by atoms with Crippen LogP contribution in [0.4, 0.5) is 14.9 Å². The number of urea groups is 1. The van der Waals surface area contributed by atoms with Crippen molar-refractivity contribution in [1.29, 1.82) is 0 Å². The molecule has 6 nitrogen and oxygen atoms in total. The molecule has 0 aliphatic carbocycles. The predicted octanol–water partition coefficient (Wildman–Crippen LogP) is 5.27. The van der Waals surface area contributed by atoms with Gasteiger partial charge in [0.1, 0.15) is 18.4 Å². The Morgan fingerprint density at radius 3 is 2.41 bits per heavy atom. The lowest BCUT2D eigenvalue weighted by molar-refractivity contribution is -0.120. The van der Waals surface area contributed by atoms with Crippen LogP contribution in [0.1, 0.15) is 50.9 Å². The summed E-state index contributed by atoms with van der Waals surface area (Å²) in [4.78, 5) is 30.1. The summed E-state index contributed by atoms with van der Waals surface area (Å²) in [6.07, 6.45) is 3.83. The third kappa shape index (κ3) is 4.55. The van der Waals surface area contributed by atoms with Crippen LogP contribution in [0.3, 0.4) is 0 Å².